The first-order chi connectivity index (χ1) is 12.9. The van der Waals surface area contributed by atoms with E-state index in [0.29, 0.717) is 12.1 Å². The van der Waals surface area contributed by atoms with Gasteiger partial charge in [-0.25, -0.2) is 8.42 Å². The Morgan fingerprint density at radius 3 is 2.78 bits per heavy atom. The van der Waals surface area contributed by atoms with Crippen molar-refractivity contribution in [3.63, 3.8) is 0 Å². The monoisotopic (exact) mass is 407 g/mol. The van der Waals surface area contributed by atoms with Gasteiger partial charge in [-0.15, -0.1) is 0 Å². The van der Waals surface area contributed by atoms with Crippen LogP contribution in [0.15, 0.2) is 51.0 Å². The van der Waals surface area contributed by atoms with E-state index in [2.05, 4.69) is 9.71 Å². The molecule has 8 nitrogen and oxygen atoms in total. The van der Waals surface area contributed by atoms with Crippen LogP contribution in [0.5, 0.6) is 0 Å². The topological polar surface area (TPSA) is 105 Å². The second-order valence-corrected chi connectivity index (χ2v) is 8.24. The lowest BCUT2D eigenvalue weighted by atomic mass is 10.2. The summed E-state index contributed by atoms with van der Waals surface area (Å²) in [5, 5.41) is 3.86. The van der Waals surface area contributed by atoms with Crippen molar-refractivity contribution in [3.05, 3.63) is 52.2 Å². The molecule has 2 aromatic rings. The van der Waals surface area contributed by atoms with E-state index in [1.165, 1.54) is 22.3 Å². The third-order valence-corrected chi connectivity index (χ3v) is 5.94. The van der Waals surface area contributed by atoms with Crippen LogP contribution < -0.4 is 4.72 Å². The van der Waals surface area contributed by atoms with Gasteiger partial charge in [-0.3, -0.25) is 19.3 Å². The number of likely N-dealkylation sites (N-methyl/N-ethyl adjacent to an activating group) is 1. The van der Waals surface area contributed by atoms with Gasteiger partial charge in [-0.2, -0.15) is 11.3 Å². The summed E-state index contributed by atoms with van der Waals surface area (Å²) < 4.78 is 31.2. The molecule has 0 radical (unpaired) electrons. The summed E-state index contributed by atoms with van der Waals surface area (Å²) in [4.78, 5) is 29.4. The van der Waals surface area contributed by atoms with Crippen LogP contribution in [0.25, 0.3) is 0 Å². The first-order valence-electron chi connectivity index (χ1n) is 7.94. The molecule has 27 heavy (non-hydrogen) atoms. The number of ether oxygens (including phenoxy) is 1. The van der Waals surface area contributed by atoms with Crippen molar-refractivity contribution in [1.82, 2.24) is 9.62 Å². The number of aliphatic imine (C=N–C) groups is 1. The molecule has 1 aliphatic heterocycles. The number of carbonyl (C=O) groups excluding carboxylic acids is 2. The smallest absolute Gasteiger partial charge is 0.328 e. The molecule has 1 aromatic carbocycles. The van der Waals surface area contributed by atoms with Crippen molar-refractivity contribution >= 4 is 39.1 Å². The van der Waals surface area contributed by atoms with E-state index in [1.807, 2.05) is 16.8 Å². The largest absolute Gasteiger partial charge is 0.454 e. The molecule has 142 valence electrons. The number of benzene rings is 1. The third kappa shape index (κ3) is 4.52. The number of hydrogen-bond acceptors (Lipinski definition) is 7. The number of thiophene rings is 1. The van der Waals surface area contributed by atoms with E-state index in [4.69, 9.17) is 4.74 Å². The second-order valence-electron chi connectivity index (χ2n) is 5.81. The van der Waals surface area contributed by atoms with Gasteiger partial charge in [-0.1, -0.05) is 12.1 Å². The maximum Gasteiger partial charge on any atom is 0.328 e. The predicted molar refractivity (Wildman–Crippen MR) is 99.9 cm³/mol. The second kappa shape index (κ2) is 7.89. The molecule has 10 heteroatoms. The number of amides is 1. The predicted octanol–water partition coefficient (Wildman–Crippen LogP) is 0.988. The molecule has 1 amide bonds. The van der Waals surface area contributed by atoms with Crippen LogP contribution in [0.1, 0.15) is 11.1 Å². The highest BCUT2D eigenvalue weighted by Gasteiger charge is 2.30. The van der Waals surface area contributed by atoms with Gasteiger partial charge in [0.2, 0.25) is 0 Å². The van der Waals surface area contributed by atoms with Crippen LogP contribution in [0.3, 0.4) is 0 Å². The van der Waals surface area contributed by atoms with Gasteiger partial charge in [-0.05, 0) is 34.5 Å². The normalized spacial score (nSPS) is 15.8. The molecule has 2 heterocycles. The van der Waals surface area contributed by atoms with Gasteiger partial charge in [0, 0.05) is 19.2 Å². The molecule has 0 fully saturated rings. The van der Waals surface area contributed by atoms with Gasteiger partial charge < -0.3 is 9.64 Å². The van der Waals surface area contributed by atoms with Crippen molar-refractivity contribution in [2.75, 3.05) is 20.2 Å². The van der Waals surface area contributed by atoms with Gasteiger partial charge in [0.05, 0.1) is 4.90 Å². The Hall–Kier alpha value is -2.72. The first kappa shape index (κ1) is 19.1. The number of fused-ring (bicyclic) bond motifs is 1. The molecule has 0 saturated carbocycles. The first-order valence-corrected chi connectivity index (χ1v) is 10.4. The van der Waals surface area contributed by atoms with Crippen molar-refractivity contribution in [2.24, 2.45) is 4.99 Å². The zero-order valence-electron chi connectivity index (χ0n) is 14.4. The summed E-state index contributed by atoms with van der Waals surface area (Å²) in [6.45, 7) is -0.360. The molecule has 0 unspecified atom stereocenters. The zero-order chi connectivity index (χ0) is 19.4. The molecule has 0 aliphatic carbocycles. The van der Waals surface area contributed by atoms with Crippen LogP contribution in [-0.2, 0) is 30.9 Å². The number of esters is 1. The highest BCUT2D eigenvalue weighted by molar-refractivity contribution is 7.90. The van der Waals surface area contributed by atoms with E-state index in [0.717, 1.165) is 5.56 Å². The van der Waals surface area contributed by atoms with E-state index in [1.54, 1.807) is 25.2 Å². The molecule has 0 saturated heterocycles. The number of rotatable bonds is 6. The minimum atomic E-state index is -3.66. The number of amidine groups is 1. The van der Waals surface area contributed by atoms with E-state index in [-0.39, 0.29) is 16.6 Å². The Labute approximate surface area is 160 Å². The van der Waals surface area contributed by atoms with Crippen LogP contribution in [0.4, 0.5) is 0 Å². The molecular formula is C17H17N3O5S2. The fourth-order valence-corrected chi connectivity index (χ4v) is 4.35. The molecule has 3 rings (SSSR count). The Balaban J connectivity index is 1.53. The lowest BCUT2D eigenvalue weighted by Crippen LogP contribution is -2.31. The maximum absolute atomic E-state index is 12.0. The lowest BCUT2D eigenvalue weighted by Gasteiger charge is -2.16. The number of nitrogens with zero attached hydrogens (tertiary/aromatic N) is 2. The molecule has 0 spiro atoms. The summed E-state index contributed by atoms with van der Waals surface area (Å²) >= 11 is 1.54. The minimum absolute atomic E-state index is 0.0865. The molecule has 0 bridgehead atoms. The fourth-order valence-electron chi connectivity index (χ4n) is 2.44. The quantitative estimate of drug-likeness (QED) is 0.719. The van der Waals surface area contributed by atoms with Gasteiger partial charge in [0.25, 0.3) is 15.9 Å². The highest BCUT2D eigenvalue weighted by Crippen LogP contribution is 2.22. The number of nitrogens with one attached hydrogen (secondary N) is 1. The van der Waals surface area contributed by atoms with Crippen molar-refractivity contribution < 1.29 is 22.7 Å². The Kier molecular flexibility index (Phi) is 5.57. The number of sulfonamides is 1. The number of carbonyl (C=O) groups is 2. The summed E-state index contributed by atoms with van der Waals surface area (Å²) in [5.41, 5.74) is 1.40. The minimum Gasteiger partial charge on any atom is -0.454 e. The van der Waals surface area contributed by atoms with Crippen LogP contribution in [-0.4, -0.2) is 51.2 Å². The van der Waals surface area contributed by atoms with E-state index < -0.39 is 29.1 Å². The van der Waals surface area contributed by atoms with Gasteiger partial charge in [0.15, 0.2) is 6.61 Å². The summed E-state index contributed by atoms with van der Waals surface area (Å²) in [6, 6.07) is 8.25. The molecule has 1 aromatic heterocycles. The molecule has 1 N–H and O–H groups in total. The van der Waals surface area contributed by atoms with E-state index >= 15 is 0 Å². The Bertz CT molecular complexity index is 984. The van der Waals surface area contributed by atoms with Crippen LogP contribution in [0, 0.1) is 0 Å². The zero-order valence-corrected chi connectivity index (χ0v) is 16.0. The summed E-state index contributed by atoms with van der Waals surface area (Å²) in [6.07, 6.45) is 0. The maximum atomic E-state index is 12.0. The van der Waals surface area contributed by atoms with E-state index in [9.17, 15) is 18.0 Å². The Morgan fingerprint density at radius 1 is 1.26 bits per heavy atom. The van der Waals surface area contributed by atoms with Gasteiger partial charge >= 0.3 is 5.97 Å². The summed E-state index contributed by atoms with van der Waals surface area (Å²) in [7, 11) is -2.03. The lowest BCUT2D eigenvalue weighted by molar-refractivity contribution is -0.150. The van der Waals surface area contributed by atoms with Gasteiger partial charge in [0.1, 0.15) is 12.4 Å². The molecule has 1 aliphatic rings. The number of hydrogen-bond donors (Lipinski definition) is 1. The van der Waals surface area contributed by atoms with Crippen LogP contribution >= 0.6 is 11.3 Å². The van der Waals surface area contributed by atoms with Crippen molar-refractivity contribution in [1.29, 1.82) is 0 Å². The highest BCUT2D eigenvalue weighted by atomic mass is 32.2. The SMILES string of the molecule is CN(Cc1ccsc1)C(=O)COC(=O)CN=C1NS(=O)(=O)c2ccccc21. The fraction of sp³-hybridized carbons (Fsp3) is 0.235. The third-order valence-electron chi connectivity index (χ3n) is 3.81. The average Bonchev–Trinajstić information content (AvgIpc) is 3.24. The molecule has 0 atom stereocenters. The summed E-state index contributed by atoms with van der Waals surface area (Å²) in [5.74, 6) is -0.971. The Morgan fingerprint density at radius 2 is 2.04 bits per heavy atom. The van der Waals surface area contributed by atoms with Crippen LogP contribution in [0.2, 0.25) is 0 Å². The van der Waals surface area contributed by atoms with Crippen molar-refractivity contribution in [2.45, 2.75) is 11.4 Å². The molecular weight excluding hydrogens is 390 g/mol. The standard InChI is InChI=1S/C17H17N3O5S2/c1-20(9-12-6-7-26-11-12)15(21)10-25-16(22)8-18-17-13-4-2-3-5-14(13)27(23,24)19-17/h2-7,11H,8-10H2,1H3,(H,18,19). The average molecular weight is 407 g/mol. The van der Waals surface area contributed by atoms with Crippen molar-refractivity contribution in [3.8, 4) is 0 Å².